The molecule has 5 heteroatoms. The van der Waals surface area contributed by atoms with E-state index in [0.29, 0.717) is 23.8 Å². The highest BCUT2D eigenvalue weighted by Crippen LogP contribution is 2.37. The summed E-state index contributed by atoms with van der Waals surface area (Å²) in [5.41, 5.74) is 4.53. The summed E-state index contributed by atoms with van der Waals surface area (Å²) in [6, 6.07) is 5.57. The van der Waals surface area contributed by atoms with Gasteiger partial charge in [-0.15, -0.1) is 16.6 Å². The van der Waals surface area contributed by atoms with Crippen molar-refractivity contribution in [2.75, 3.05) is 18.5 Å². The van der Waals surface area contributed by atoms with E-state index in [4.69, 9.17) is 11.2 Å². The Morgan fingerprint density at radius 1 is 1.20 bits per heavy atom. The molecule has 1 aromatic heterocycles. The lowest BCUT2D eigenvalue weighted by atomic mass is 9.88. The summed E-state index contributed by atoms with van der Waals surface area (Å²) in [5.74, 6) is 3.56. The molecule has 4 rings (SSSR count). The van der Waals surface area contributed by atoms with Crippen LogP contribution in [-0.4, -0.2) is 34.6 Å². The number of ether oxygens (including phenoxy) is 1. The van der Waals surface area contributed by atoms with Crippen LogP contribution in [0.3, 0.4) is 0 Å². The molecule has 1 fully saturated rings. The largest absolute Gasteiger partial charge is 0.507 e. The number of nitrogens with zero attached hydrogens (tertiary/aromatic N) is 2. The first-order chi connectivity index (χ1) is 12.3. The fourth-order valence-electron chi connectivity index (χ4n) is 3.64. The molecule has 25 heavy (non-hydrogen) atoms. The molecular weight excluding hydrogens is 314 g/mol. The quantitative estimate of drug-likeness (QED) is 0.844. The van der Waals surface area contributed by atoms with Crippen LogP contribution >= 0.6 is 0 Å². The zero-order valence-corrected chi connectivity index (χ0v) is 14.1. The van der Waals surface area contributed by atoms with E-state index in [1.807, 2.05) is 12.1 Å². The van der Waals surface area contributed by atoms with Crippen molar-refractivity contribution in [3.05, 3.63) is 34.9 Å². The van der Waals surface area contributed by atoms with E-state index < -0.39 is 0 Å². The summed E-state index contributed by atoms with van der Waals surface area (Å²) in [6.07, 6.45) is 10.6. The van der Waals surface area contributed by atoms with Gasteiger partial charge in [-0.2, -0.15) is 0 Å². The van der Waals surface area contributed by atoms with Crippen LogP contribution in [-0.2, 0) is 17.6 Å². The van der Waals surface area contributed by atoms with E-state index in [1.165, 1.54) is 11.1 Å². The van der Waals surface area contributed by atoms with Crippen molar-refractivity contribution in [2.24, 2.45) is 0 Å². The highest BCUT2D eigenvalue weighted by atomic mass is 16.5. The average molecular weight is 335 g/mol. The Morgan fingerprint density at radius 2 is 2.04 bits per heavy atom. The molecule has 0 radical (unpaired) electrons. The minimum absolute atomic E-state index is 0.155. The fourth-order valence-corrected chi connectivity index (χ4v) is 3.64. The van der Waals surface area contributed by atoms with E-state index in [2.05, 4.69) is 21.4 Å². The molecule has 0 bridgehead atoms. The molecule has 1 atom stereocenters. The Morgan fingerprint density at radius 3 is 2.76 bits per heavy atom. The van der Waals surface area contributed by atoms with E-state index >= 15 is 0 Å². The lowest BCUT2D eigenvalue weighted by molar-refractivity contribution is 0.195. The first kappa shape index (κ1) is 15.9. The molecule has 1 aromatic carbocycles. The highest BCUT2D eigenvalue weighted by Gasteiger charge is 2.24. The third-order valence-corrected chi connectivity index (χ3v) is 4.98. The van der Waals surface area contributed by atoms with Crippen LogP contribution in [0.4, 0.5) is 5.82 Å². The number of rotatable bonds is 3. The Hall–Kier alpha value is -2.58. The number of aromatic nitrogens is 2. The second-order valence-electron chi connectivity index (χ2n) is 6.64. The monoisotopic (exact) mass is 335 g/mol. The number of hydrogen-bond acceptors (Lipinski definition) is 5. The Bertz CT molecular complexity index is 836. The van der Waals surface area contributed by atoms with Crippen LogP contribution in [0, 0.1) is 12.3 Å². The van der Waals surface area contributed by atoms with Gasteiger partial charge in [0.05, 0.1) is 12.6 Å². The summed E-state index contributed by atoms with van der Waals surface area (Å²) in [4.78, 5) is 0. The molecule has 2 aliphatic rings. The molecule has 2 aromatic rings. The molecule has 128 valence electrons. The minimum atomic E-state index is 0.155. The van der Waals surface area contributed by atoms with Crippen LogP contribution in [0.15, 0.2) is 18.2 Å². The molecule has 1 aliphatic heterocycles. The number of phenolic OH excluding ortho intramolecular Hbond substituents is 1. The Balaban J connectivity index is 1.75. The van der Waals surface area contributed by atoms with Crippen LogP contribution < -0.4 is 5.32 Å². The number of terminal acetylenes is 1. The van der Waals surface area contributed by atoms with Gasteiger partial charge in [-0.1, -0.05) is 5.92 Å². The molecular formula is C20H21N3O2. The number of phenols is 1. The Kier molecular flexibility index (Phi) is 4.29. The minimum Gasteiger partial charge on any atom is -0.507 e. The van der Waals surface area contributed by atoms with Crippen molar-refractivity contribution in [3.8, 4) is 29.4 Å². The molecule has 2 heterocycles. The zero-order chi connectivity index (χ0) is 17.2. The Labute approximate surface area is 147 Å². The van der Waals surface area contributed by atoms with Gasteiger partial charge >= 0.3 is 0 Å². The summed E-state index contributed by atoms with van der Waals surface area (Å²) in [6.45, 7) is 1.51. The van der Waals surface area contributed by atoms with Crippen LogP contribution in [0.25, 0.3) is 11.3 Å². The SMILES string of the molecule is C#Cc1ccc(-c2nnc(N[C@@H]3CCOC3)c3c2CCCC3)c(O)c1. The summed E-state index contributed by atoms with van der Waals surface area (Å²) in [7, 11) is 0. The smallest absolute Gasteiger partial charge is 0.152 e. The number of fused-ring (bicyclic) bond motifs is 1. The molecule has 0 amide bonds. The molecule has 1 aliphatic carbocycles. The predicted molar refractivity (Wildman–Crippen MR) is 96.6 cm³/mol. The topological polar surface area (TPSA) is 67.3 Å². The van der Waals surface area contributed by atoms with Gasteiger partial charge in [0.2, 0.25) is 0 Å². The van der Waals surface area contributed by atoms with Crippen LogP contribution in [0.2, 0.25) is 0 Å². The highest BCUT2D eigenvalue weighted by molar-refractivity contribution is 5.73. The first-order valence-electron chi connectivity index (χ1n) is 8.79. The maximum Gasteiger partial charge on any atom is 0.152 e. The number of hydrogen-bond donors (Lipinski definition) is 2. The summed E-state index contributed by atoms with van der Waals surface area (Å²) < 4.78 is 5.44. The number of aromatic hydroxyl groups is 1. The normalized spacial score (nSPS) is 19.2. The van der Waals surface area contributed by atoms with Gasteiger partial charge in [0, 0.05) is 23.3 Å². The fraction of sp³-hybridized carbons (Fsp3) is 0.400. The van der Waals surface area contributed by atoms with Crippen molar-refractivity contribution in [3.63, 3.8) is 0 Å². The maximum atomic E-state index is 10.4. The first-order valence-corrected chi connectivity index (χ1v) is 8.79. The summed E-state index contributed by atoms with van der Waals surface area (Å²) in [5, 5.41) is 22.8. The van der Waals surface area contributed by atoms with E-state index in [1.54, 1.807) is 6.07 Å². The number of nitrogens with one attached hydrogen (secondary N) is 1. The van der Waals surface area contributed by atoms with Gasteiger partial charge in [-0.3, -0.25) is 0 Å². The van der Waals surface area contributed by atoms with Crippen molar-refractivity contribution in [2.45, 2.75) is 38.1 Å². The maximum absolute atomic E-state index is 10.4. The van der Waals surface area contributed by atoms with Crippen LogP contribution in [0.5, 0.6) is 5.75 Å². The summed E-state index contributed by atoms with van der Waals surface area (Å²) >= 11 is 0. The molecule has 0 unspecified atom stereocenters. The van der Waals surface area contributed by atoms with Gasteiger partial charge in [0.1, 0.15) is 11.4 Å². The molecule has 0 saturated carbocycles. The standard InChI is InChI=1S/C20H21N3O2/c1-2-13-7-8-17(18(24)11-13)19-15-5-3-4-6-16(15)20(23-22-19)21-14-9-10-25-12-14/h1,7-8,11,14,24H,3-6,9-10,12H2,(H,21,23)/t14-/m1/s1. The van der Waals surface area contributed by atoms with E-state index in [-0.39, 0.29) is 5.75 Å². The lowest BCUT2D eigenvalue weighted by Gasteiger charge is -2.23. The van der Waals surface area contributed by atoms with Crippen LogP contribution in [0.1, 0.15) is 36.0 Å². The van der Waals surface area contributed by atoms with E-state index in [9.17, 15) is 5.11 Å². The lowest BCUT2D eigenvalue weighted by Crippen LogP contribution is -2.23. The predicted octanol–water partition coefficient (Wildman–Crippen LogP) is 2.91. The van der Waals surface area contributed by atoms with Gasteiger partial charge in [0.25, 0.3) is 0 Å². The number of anilines is 1. The third kappa shape index (κ3) is 3.06. The molecule has 5 nitrogen and oxygen atoms in total. The van der Waals surface area contributed by atoms with Gasteiger partial charge in [0.15, 0.2) is 5.82 Å². The van der Waals surface area contributed by atoms with Gasteiger partial charge in [-0.05, 0) is 55.9 Å². The molecule has 2 N–H and O–H groups in total. The van der Waals surface area contributed by atoms with E-state index in [0.717, 1.165) is 50.2 Å². The second kappa shape index (κ2) is 6.73. The third-order valence-electron chi connectivity index (χ3n) is 4.98. The average Bonchev–Trinajstić information content (AvgIpc) is 3.15. The van der Waals surface area contributed by atoms with Crippen molar-refractivity contribution < 1.29 is 9.84 Å². The van der Waals surface area contributed by atoms with Gasteiger partial charge < -0.3 is 15.2 Å². The van der Waals surface area contributed by atoms with Crippen molar-refractivity contribution in [1.29, 1.82) is 0 Å². The zero-order valence-electron chi connectivity index (χ0n) is 14.1. The van der Waals surface area contributed by atoms with Crippen molar-refractivity contribution >= 4 is 5.82 Å². The molecule has 1 saturated heterocycles. The second-order valence-corrected chi connectivity index (χ2v) is 6.64. The van der Waals surface area contributed by atoms with Gasteiger partial charge in [-0.25, -0.2) is 0 Å². The van der Waals surface area contributed by atoms with Crippen molar-refractivity contribution in [1.82, 2.24) is 10.2 Å². The number of benzene rings is 1. The molecule has 0 spiro atoms.